The van der Waals surface area contributed by atoms with Crippen LogP contribution in [0, 0.1) is 0 Å². The zero-order valence-electron chi connectivity index (χ0n) is 20.9. The van der Waals surface area contributed by atoms with Gasteiger partial charge in [-0.1, -0.05) is 0 Å². The van der Waals surface area contributed by atoms with Gasteiger partial charge in [0, 0.05) is 55.2 Å². The second-order valence-electron chi connectivity index (χ2n) is 10.6. The fourth-order valence-corrected chi connectivity index (χ4v) is 5.20. The Bertz CT molecular complexity index is 1430. The van der Waals surface area contributed by atoms with Gasteiger partial charge in [-0.3, -0.25) is 9.58 Å². The van der Waals surface area contributed by atoms with E-state index in [1.165, 1.54) is 0 Å². The van der Waals surface area contributed by atoms with Crippen molar-refractivity contribution >= 4 is 22.8 Å². The van der Waals surface area contributed by atoms with Crippen molar-refractivity contribution in [2.45, 2.75) is 44.9 Å². The molecule has 6 heterocycles. The number of fused-ring (bicyclic) bond motifs is 3. The van der Waals surface area contributed by atoms with Crippen LogP contribution in [0.15, 0.2) is 55.4 Å². The first-order chi connectivity index (χ1) is 17.2. The third kappa shape index (κ3) is 4.04. The first kappa shape index (κ1) is 22.5. The van der Waals surface area contributed by atoms with Crippen LogP contribution in [0.4, 0.5) is 10.6 Å². The van der Waals surface area contributed by atoms with Crippen molar-refractivity contribution in [3.8, 4) is 22.3 Å². The zero-order chi connectivity index (χ0) is 25.0. The minimum absolute atomic E-state index is 0.164. The number of piperidine rings is 1. The fraction of sp³-hybridized carbons (Fsp3) is 0.370. The SMILES string of the molecule is Cn1cc(-c2cc(-c3ccc(N4CC5CC(C4)N5C(=O)OC(C)(C)C)nc3)c3cncnc3c2)cn1. The van der Waals surface area contributed by atoms with Gasteiger partial charge < -0.3 is 9.64 Å². The number of anilines is 1. The molecule has 0 radical (unpaired) electrons. The van der Waals surface area contributed by atoms with Gasteiger partial charge in [0.1, 0.15) is 17.7 Å². The van der Waals surface area contributed by atoms with E-state index in [0.29, 0.717) is 0 Å². The Morgan fingerprint density at radius 1 is 1.00 bits per heavy atom. The van der Waals surface area contributed by atoms with Crippen LogP contribution < -0.4 is 4.90 Å². The van der Waals surface area contributed by atoms with Crippen LogP contribution in [0.2, 0.25) is 0 Å². The molecule has 3 aliphatic heterocycles. The van der Waals surface area contributed by atoms with Crippen molar-refractivity contribution in [3.63, 3.8) is 0 Å². The summed E-state index contributed by atoms with van der Waals surface area (Å²) in [6.07, 6.45) is 9.99. The standard InChI is InChI=1S/C27H29N7O2/c1-27(2,3)36-26(35)34-20-9-21(34)15-33(14-20)25-6-5-17(10-29-25)22-7-18(19-11-31-32(4)13-19)8-24-23(22)12-28-16-30-24/h5-8,10-13,16,20-21H,9,14-15H2,1-4H3. The van der Waals surface area contributed by atoms with Crippen LogP contribution in [0.1, 0.15) is 27.2 Å². The van der Waals surface area contributed by atoms with E-state index in [2.05, 4.69) is 44.2 Å². The van der Waals surface area contributed by atoms with Gasteiger partial charge in [0.2, 0.25) is 0 Å². The summed E-state index contributed by atoms with van der Waals surface area (Å²) < 4.78 is 7.39. The molecule has 2 unspecified atom stereocenters. The number of carbonyl (C=O) groups is 1. The van der Waals surface area contributed by atoms with E-state index in [-0.39, 0.29) is 18.2 Å². The number of aryl methyl sites for hydroxylation is 1. The fourth-order valence-electron chi connectivity index (χ4n) is 5.20. The summed E-state index contributed by atoms with van der Waals surface area (Å²) in [5.74, 6) is 0.918. The summed E-state index contributed by atoms with van der Waals surface area (Å²) in [5, 5.41) is 5.29. The minimum atomic E-state index is -0.485. The smallest absolute Gasteiger partial charge is 0.410 e. The third-order valence-electron chi connectivity index (χ3n) is 6.84. The molecule has 0 saturated carbocycles. The predicted molar refractivity (Wildman–Crippen MR) is 137 cm³/mol. The lowest BCUT2D eigenvalue weighted by Crippen LogP contribution is -2.70. The highest BCUT2D eigenvalue weighted by Gasteiger charge is 2.49. The molecule has 1 amide bonds. The average Bonchev–Trinajstić information content (AvgIpc) is 3.28. The Morgan fingerprint density at radius 3 is 2.47 bits per heavy atom. The molecule has 3 saturated heterocycles. The summed E-state index contributed by atoms with van der Waals surface area (Å²) in [7, 11) is 1.91. The molecule has 3 aromatic heterocycles. The van der Waals surface area contributed by atoms with Gasteiger partial charge in [-0.25, -0.2) is 19.7 Å². The van der Waals surface area contributed by atoms with Gasteiger partial charge in [-0.2, -0.15) is 5.10 Å². The van der Waals surface area contributed by atoms with Crippen LogP contribution in [0.3, 0.4) is 0 Å². The van der Waals surface area contributed by atoms with Gasteiger partial charge in [0.15, 0.2) is 0 Å². The third-order valence-corrected chi connectivity index (χ3v) is 6.84. The molecule has 1 aromatic carbocycles. The molecular weight excluding hydrogens is 454 g/mol. The Balaban J connectivity index is 1.25. The Kier molecular flexibility index (Phi) is 5.17. The average molecular weight is 484 g/mol. The van der Waals surface area contributed by atoms with Crippen molar-refractivity contribution in [1.29, 1.82) is 0 Å². The Labute approximate surface area is 209 Å². The Morgan fingerprint density at radius 2 is 1.81 bits per heavy atom. The maximum absolute atomic E-state index is 12.6. The number of amides is 1. The predicted octanol–water partition coefficient (Wildman–Crippen LogP) is 4.29. The van der Waals surface area contributed by atoms with Gasteiger partial charge >= 0.3 is 6.09 Å². The van der Waals surface area contributed by atoms with E-state index in [0.717, 1.165) is 58.5 Å². The molecule has 9 nitrogen and oxygen atoms in total. The molecule has 0 N–H and O–H groups in total. The lowest BCUT2D eigenvalue weighted by atomic mass is 9.88. The highest BCUT2D eigenvalue weighted by atomic mass is 16.6. The van der Waals surface area contributed by atoms with E-state index in [4.69, 9.17) is 9.72 Å². The number of piperazine rings is 1. The first-order valence-electron chi connectivity index (χ1n) is 12.2. The number of carbonyl (C=O) groups excluding carboxylic acids is 1. The summed E-state index contributed by atoms with van der Waals surface area (Å²) in [6.45, 7) is 7.23. The van der Waals surface area contributed by atoms with E-state index >= 15 is 0 Å². The zero-order valence-corrected chi connectivity index (χ0v) is 20.9. The topological polar surface area (TPSA) is 89.3 Å². The monoisotopic (exact) mass is 483 g/mol. The van der Waals surface area contributed by atoms with Gasteiger partial charge in [-0.15, -0.1) is 0 Å². The summed E-state index contributed by atoms with van der Waals surface area (Å²) in [4.78, 5) is 30.3. The maximum atomic E-state index is 12.6. The van der Waals surface area contributed by atoms with Gasteiger partial charge in [0.25, 0.3) is 0 Å². The molecule has 3 aliphatic rings. The molecule has 7 rings (SSSR count). The van der Waals surface area contributed by atoms with E-state index in [1.807, 2.05) is 57.5 Å². The summed E-state index contributed by atoms with van der Waals surface area (Å²) >= 11 is 0. The molecule has 0 spiro atoms. The molecule has 36 heavy (non-hydrogen) atoms. The number of pyridine rings is 1. The first-order valence-corrected chi connectivity index (χ1v) is 12.2. The molecule has 2 atom stereocenters. The van der Waals surface area contributed by atoms with Crippen molar-refractivity contribution in [2.24, 2.45) is 7.05 Å². The maximum Gasteiger partial charge on any atom is 0.410 e. The van der Waals surface area contributed by atoms with Crippen LogP contribution in [0.5, 0.6) is 0 Å². The quantitative estimate of drug-likeness (QED) is 0.429. The molecular formula is C27H29N7O2. The van der Waals surface area contributed by atoms with Crippen LogP contribution in [0.25, 0.3) is 33.2 Å². The van der Waals surface area contributed by atoms with Crippen LogP contribution in [-0.2, 0) is 11.8 Å². The van der Waals surface area contributed by atoms with Crippen LogP contribution >= 0.6 is 0 Å². The molecule has 3 fully saturated rings. The van der Waals surface area contributed by atoms with Gasteiger partial charge in [-0.05, 0) is 62.6 Å². The molecule has 0 aliphatic carbocycles. The minimum Gasteiger partial charge on any atom is -0.444 e. The van der Waals surface area contributed by atoms with Gasteiger partial charge in [0.05, 0.1) is 23.8 Å². The lowest BCUT2D eigenvalue weighted by molar-refractivity contribution is -0.0380. The lowest BCUT2D eigenvalue weighted by Gasteiger charge is -2.56. The van der Waals surface area contributed by atoms with Crippen molar-refractivity contribution in [2.75, 3.05) is 18.0 Å². The largest absolute Gasteiger partial charge is 0.444 e. The number of benzene rings is 1. The second-order valence-corrected chi connectivity index (χ2v) is 10.6. The van der Waals surface area contributed by atoms with Crippen molar-refractivity contribution in [3.05, 3.63) is 55.4 Å². The number of nitrogens with zero attached hydrogens (tertiary/aromatic N) is 7. The summed E-state index contributed by atoms with van der Waals surface area (Å²) in [5.41, 5.74) is 4.51. The second kappa shape index (κ2) is 8.29. The van der Waals surface area contributed by atoms with E-state index in [9.17, 15) is 4.79 Å². The number of rotatable bonds is 3. The number of ether oxygens (including phenoxy) is 1. The molecule has 9 heteroatoms. The van der Waals surface area contributed by atoms with Crippen molar-refractivity contribution in [1.82, 2.24) is 29.6 Å². The number of hydrogen-bond donors (Lipinski definition) is 0. The molecule has 4 aromatic rings. The van der Waals surface area contributed by atoms with E-state index < -0.39 is 5.60 Å². The highest BCUT2D eigenvalue weighted by Crippen LogP contribution is 2.37. The highest BCUT2D eigenvalue weighted by molar-refractivity contribution is 5.97. The molecule has 184 valence electrons. The van der Waals surface area contributed by atoms with E-state index in [1.54, 1.807) is 11.0 Å². The van der Waals surface area contributed by atoms with Crippen LogP contribution in [-0.4, -0.2) is 66.5 Å². The number of hydrogen-bond acceptors (Lipinski definition) is 7. The molecule has 2 bridgehead atoms. The number of aromatic nitrogens is 5. The Hall–Kier alpha value is -4.01. The normalized spacial score (nSPS) is 19.3. The van der Waals surface area contributed by atoms with Crippen molar-refractivity contribution < 1.29 is 9.53 Å². The summed E-state index contributed by atoms with van der Waals surface area (Å²) in [6, 6.07) is 8.70.